The smallest absolute Gasteiger partial charge is 0.318 e. The molecule has 2 aliphatic heterocycles. The second-order valence-electron chi connectivity index (χ2n) is 8.34. The van der Waals surface area contributed by atoms with Crippen LogP contribution in [0.4, 0.5) is 10.5 Å². The van der Waals surface area contributed by atoms with Gasteiger partial charge in [-0.05, 0) is 24.1 Å². The minimum absolute atomic E-state index is 0.113. The van der Waals surface area contributed by atoms with Gasteiger partial charge in [0.1, 0.15) is 5.54 Å². The topological polar surface area (TPSA) is 102 Å². The average molecular weight is 437 g/mol. The maximum atomic E-state index is 13.8. The lowest BCUT2D eigenvalue weighted by Gasteiger charge is -2.46. The number of hydrogen-bond donors (Lipinski definition) is 3. The average Bonchev–Trinajstić information content (AvgIpc) is 3.15. The van der Waals surface area contributed by atoms with Gasteiger partial charge in [-0.25, -0.2) is 4.79 Å². The summed E-state index contributed by atoms with van der Waals surface area (Å²) in [6.45, 7) is 2.06. The third-order valence-corrected chi connectivity index (χ3v) is 6.63. The normalized spacial score (nSPS) is 24.0. The minimum Gasteiger partial charge on any atom is -0.395 e. The summed E-state index contributed by atoms with van der Waals surface area (Å²) in [5.74, 6) is -1.58. The van der Waals surface area contributed by atoms with E-state index >= 15 is 0 Å². The molecule has 1 saturated heterocycles. The lowest BCUT2D eigenvalue weighted by atomic mass is 9.72. The number of aliphatic hydroxyl groups is 1. The fourth-order valence-electron chi connectivity index (χ4n) is 5.10. The molecule has 3 atom stereocenters. The van der Waals surface area contributed by atoms with Gasteiger partial charge < -0.3 is 25.5 Å². The van der Waals surface area contributed by atoms with Crippen molar-refractivity contribution in [1.82, 2.24) is 15.5 Å². The van der Waals surface area contributed by atoms with Crippen molar-refractivity contribution in [1.29, 1.82) is 0 Å². The standard InChI is InChI=1S/C24H28N4O4/c1-24-20(17-10-6-7-11-19(17)27(12-13-29)22(24)31)18(21(30)25-2)15-28(24)23(32)26-14-16-8-4-3-5-9-16/h3-11,18,20,29H,12-15H2,1-2H3,(H,25,30)(H,26,32)/t18-,20+,24-/m0/s1. The minimum atomic E-state index is -1.26. The Morgan fingerprint density at radius 2 is 1.81 bits per heavy atom. The van der Waals surface area contributed by atoms with Crippen molar-refractivity contribution in [2.75, 3.05) is 31.6 Å². The molecule has 2 aromatic rings. The second kappa shape index (κ2) is 8.63. The number of nitrogens with zero attached hydrogens (tertiary/aromatic N) is 2. The zero-order valence-corrected chi connectivity index (χ0v) is 18.2. The zero-order valence-electron chi connectivity index (χ0n) is 18.2. The van der Waals surface area contributed by atoms with Gasteiger partial charge in [0.2, 0.25) is 5.91 Å². The Morgan fingerprint density at radius 3 is 2.50 bits per heavy atom. The van der Waals surface area contributed by atoms with E-state index in [0.717, 1.165) is 11.1 Å². The van der Waals surface area contributed by atoms with Gasteiger partial charge in [-0.3, -0.25) is 9.59 Å². The van der Waals surface area contributed by atoms with Crippen LogP contribution in [-0.2, 0) is 16.1 Å². The summed E-state index contributed by atoms with van der Waals surface area (Å²) in [6, 6.07) is 16.5. The quantitative estimate of drug-likeness (QED) is 0.660. The van der Waals surface area contributed by atoms with Crippen molar-refractivity contribution in [3.63, 3.8) is 0 Å². The van der Waals surface area contributed by atoms with Crippen LogP contribution in [0.3, 0.4) is 0 Å². The summed E-state index contributed by atoms with van der Waals surface area (Å²) < 4.78 is 0. The number of para-hydroxylation sites is 1. The molecule has 2 aromatic carbocycles. The van der Waals surface area contributed by atoms with E-state index in [9.17, 15) is 19.5 Å². The predicted octanol–water partition coefficient (Wildman–Crippen LogP) is 1.46. The molecule has 0 bridgehead atoms. The summed E-state index contributed by atoms with van der Waals surface area (Å²) in [6.07, 6.45) is 0. The first-order valence-electron chi connectivity index (χ1n) is 10.8. The number of likely N-dealkylation sites (tertiary alicyclic amines) is 1. The van der Waals surface area contributed by atoms with Gasteiger partial charge in [-0.2, -0.15) is 0 Å². The van der Waals surface area contributed by atoms with Gasteiger partial charge in [0.05, 0.1) is 12.5 Å². The van der Waals surface area contributed by atoms with Gasteiger partial charge in [-0.1, -0.05) is 48.5 Å². The van der Waals surface area contributed by atoms with Crippen LogP contribution in [0.15, 0.2) is 54.6 Å². The molecular formula is C24H28N4O4. The molecule has 3 N–H and O–H groups in total. The SMILES string of the molecule is CNC(=O)[C@H]1CN(C(=O)NCc2ccccc2)[C@]2(C)C(=O)N(CCO)c3ccccc3[C@H]12. The second-order valence-corrected chi connectivity index (χ2v) is 8.34. The van der Waals surface area contributed by atoms with E-state index in [2.05, 4.69) is 10.6 Å². The molecule has 168 valence electrons. The van der Waals surface area contributed by atoms with E-state index < -0.39 is 23.4 Å². The Labute approximate surface area is 187 Å². The number of rotatable bonds is 5. The highest BCUT2D eigenvalue weighted by molar-refractivity contribution is 6.07. The Balaban J connectivity index is 1.74. The molecule has 1 fully saturated rings. The van der Waals surface area contributed by atoms with Crippen LogP contribution in [0, 0.1) is 5.92 Å². The van der Waals surface area contributed by atoms with Crippen LogP contribution in [-0.4, -0.2) is 60.1 Å². The molecular weight excluding hydrogens is 408 g/mol. The fourth-order valence-corrected chi connectivity index (χ4v) is 5.10. The van der Waals surface area contributed by atoms with Crippen molar-refractivity contribution < 1.29 is 19.5 Å². The maximum Gasteiger partial charge on any atom is 0.318 e. The van der Waals surface area contributed by atoms with E-state index in [1.54, 1.807) is 14.0 Å². The Bertz CT molecular complexity index is 1030. The maximum absolute atomic E-state index is 13.8. The molecule has 4 amide bonds. The zero-order chi connectivity index (χ0) is 22.9. The number of carbonyl (C=O) groups excluding carboxylic acids is 3. The summed E-state index contributed by atoms with van der Waals surface area (Å²) in [5.41, 5.74) is 1.18. The number of urea groups is 1. The van der Waals surface area contributed by atoms with Gasteiger partial charge in [0, 0.05) is 38.3 Å². The van der Waals surface area contributed by atoms with Gasteiger partial charge in [0.25, 0.3) is 5.91 Å². The van der Waals surface area contributed by atoms with Crippen molar-refractivity contribution in [3.8, 4) is 0 Å². The first-order chi connectivity index (χ1) is 15.4. The third kappa shape index (κ3) is 3.40. The molecule has 8 heteroatoms. The van der Waals surface area contributed by atoms with Gasteiger partial charge >= 0.3 is 6.03 Å². The first-order valence-corrected chi connectivity index (χ1v) is 10.8. The lowest BCUT2D eigenvalue weighted by molar-refractivity contribution is -0.129. The molecule has 0 saturated carbocycles. The van der Waals surface area contributed by atoms with E-state index in [4.69, 9.17) is 0 Å². The van der Waals surface area contributed by atoms with E-state index in [0.29, 0.717) is 12.2 Å². The fraction of sp³-hybridized carbons (Fsp3) is 0.375. The van der Waals surface area contributed by atoms with Crippen molar-refractivity contribution >= 4 is 23.5 Å². The Morgan fingerprint density at radius 1 is 1.12 bits per heavy atom. The van der Waals surface area contributed by atoms with E-state index in [1.165, 1.54) is 9.80 Å². The number of aliphatic hydroxyl groups excluding tert-OH is 1. The third-order valence-electron chi connectivity index (χ3n) is 6.63. The lowest BCUT2D eigenvalue weighted by Crippen LogP contribution is -2.63. The Kier molecular flexibility index (Phi) is 5.88. The largest absolute Gasteiger partial charge is 0.395 e. The first kappa shape index (κ1) is 21.8. The summed E-state index contributed by atoms with van der Waals surface area (Å²) >= 11 is 0. The van der Waals surface area contributed by atoms with Gasteiger partial charge in [0.15, 0.2) is 0 Å². The highest BCUT2D eigenvalue weighted by Gasteiger charge is 2.63. The molecule has 2 heterocycles. The molecule has 0 aliphatic carbocycles. The van der Waals surface area contributed by atoms with Crippen LogP contribution >= 0.6 is 0 Å². The molecule has 0 radical (unpaired) electrons. The van der Waals surface area contributed by atoms with Crippen molar-refractivity contribution in [2.24, 2.45) is 5.92 Å². The van der Waals surface area contributed by atoms with Crippen LogP contribution in [0.5, 0.6) is 0 Å². The Hall–Kier alpha value is -3.39. The monoisotopic (exact) mass is 436 g/mol. The number of nitrogens with one attached hydrogen (secondary N) is 2. The highest BCUT2D eigenvalue weighted by atomic mass is 16.3. The summed E-state index contributed by atoms with van der Waals surface area (Å²) in [5, 5.41) is 15.2. The molecule has 0 aromatic heterocycles. The van der Waals surface area contributed by atoms with E-state index in [-0.39, 0.29) is 31.5 Å². The number of fused-ring (bicyclic) bond motifs is 3. The summed E-state index contributed by atoms with van der Waals surface area (Å²) in [4.78, 5) is 43.0. The number of hydrogen-bond acceptors (Lipinski definition) is 4. The summed E-state index contributed by atoms with van der Waals surface area (Å²) in [7, 11) is 1.56. The number of amides is 4. The number of carbonyl (C=O) groups is 3. The predicted molar refractivity (Wildman–Crippen MR) is 120 cm³/mol. The van der Waals surface area contributed by atoms with Crippen LogP contribution in [0.25, 0.3) is 0 Å². The molecule has 4 rings (SSSR count). The van der Waals surface area contributed by atoms with Crippen molar-refractivity contribution in [2.45, 2.75) is 24.9 Å². The van der Waals surface area contributed by atoms with E-state index in [1.807, 2.05) is 54.6 Å². The number of anilines is 1. The number of benzene rings is 2. The van der Waals surface area contributed by atoms with Crippen LogP contribution < -0.4 is 15.5 Å². The van der Waals surface area contributed by atoms with Gasteiger partial charge in [-0.15, -0.1) is 0 Å². The van der Waals surface area contributed by atoms with Crippen LogP contribution in [0.2, 0.25) is 0 Å². The molecule has 8 nitrogen and oxygen atoms in total. The van der Waals surface area contributed by atoms with Crippen molar-refractivity contribution in [3.05, 3.63) is 65.7 Å². The molecule has 0 spiro atoms. The molecule has 32 heavy (non-hydrogen) atoms. The molecule has 0 unspecified atom stereocenters. The number of β-amino-alcohol motifs (C(OH)–C–C–N with tert-alkyl or cyclic N) is 1. The molecule has 2 aliphatic rings. The van der Waals surface area contributed by atoms with Crippen LogP contribution in [0.1, 0.15) is 24.0 Å². The highest BCUT2D eigenvalue weighted by Crippen LogP contribution is 2.52.